The highest BCUT2D eigenvalue weighted by atomic mass is 32.2. The molecular weight excluding hydrogens is 170 g/mol. The van der Waals surface area contributed by atoms with Crippen molar-refractivity contribution < 1.29 is 4.21 Å². The molecule has 0 fully saturated rings. The van der Waals surface area contributed by atoms with Gasteiger partial charge in [-0.25, -0.2) is 4.21 Å². The van der Waals surface area contributed by atoms with Gasteiger partial charge in [0.05, 0.1) is 4.90 Å². The maximum absolute atomic E-state index is 11.3. The van der Waals surface area contributed by atoms with E-state index >= 15 is 0 Å². The highest BCUT2D eigenvalue weighted by Gasteiger charge is 2.04. The number of rotatable bonds is 2. The topological polar surface area (TPSA) is 29.4 Å². The van der Waals surface area contributed by atoms with Gasteiger partial charge in [-0.15, -0.1) is 0 Å². The third-order valence-electron chi connectivity index (χ3n) is 1.65. The summed E-state index contributed by atoms with van der Waals surface area (Å²) < 4.78 is 14.8. The Hall–Kier alpha value is -0.960. The highest BCUT2D eigenvalue weighted by molar-refractivity contribution is 7.83. The van der Waals surface area contributed by atoms with Crippen molar-refractivity contribution in [1.82, 2.24) is 0 Å². The van der Waals surface area contributed by atoms with Crippen molar-refractivity contribution in [1.29, 1.82) is 0 Å². The lowest BCUT2D eigenvalue weighted by Gasteiger charge is -2.01. The maximum atomic E-state index is 11.3. The molecule has 2 nitrogen and oxygen atoms in total. The van der Waals surface area contributed by atoms with Crippen molar-refractivity contribution in [3.63, 3.8) is 0 Å². The second-order valence-corrected chi connectivity index (χ2v) is 3.84. The Bertz CT molecular complexity index is 333. The normalized spacial score (nSPS) is 12.5. The molecule has 1 atom stereocenters. The summed E-state index contributed by atoms with van der Waals surface area (Å²) in [7, 11) is -1.30. The van der Waals surface area contributed by atoms with Crippen LogP contribution in [0.2, 0.25) is 0 Å². The summed E-state index contributed by atoms with van der Waals surface area (Å²) in [5.41, 5.74) is 2.08. The Labute approximate surface area is 74.9 Å². The molecule has 1 rings (SSSR count). The van der Waals surface area contributed by atoms with Gasteiger partial charge in [-0.3, -0.25) is 0 Å². The summed E-state index contributed by atoms with van der Waals surface area (Å²) in [5.74, 6) is 0. The lowest BCUT2D eigenvalue weighted by atomic mass is 10.2. The van der Waals surface area contributed by atoms with E-state index in [1.165, 1.54) is 0 Å². The van der Waals surface area contributed by atoms with E-state index in [0.29, 0.717) is 0 Å². The first kappa shape index (κ1) is 9.13. The van der Waals surface area contributed by atoms with Gasteiger partial charge in [0.2, 0.25) is 0 Å². The van der Waals surface area contributed by atoms with E-state index in [1.54, 1.807) is 0 Å². The Kier molecular flexibility index (Phi) is 2.76. The number of hydrogen-bond donors (Lipinski definition) is 0. The monoisotopic (exact) mass is 181 g/mol. The molecule has 0 heterocycles. The van der Waals surface area contributed by atoms with Crippen LogP contribution in [0.1, 0.15) is 11.1 Å². The minimum Gasteiger partial charge on any atom is -0.230 e. The Morgan fingerprint density at radius 1 is 1.42 bits per heavy atom. The number of benzene rings is 1. The van der Waals surface area contributed by atoms with E-state index in [9.17, 15) is 4.21 Å². The molecule has 0 aromatic heterocycles. The molecule has 0 N–H and O–H groups in total. The van der Waals surface area contributed by atoms with Gasteiger partial charge in [-0.05, 0) is 31.0 Å². The van der Waals surface area contributed by atoms with Crippen molar-refractivity contribution in [2.24, 2.45) is 4.40 Å². The van der Waals surface area contributed by atoms with Crippen LogP contribution in [0.25, 0.3) is 0 Å². The highest BCUT2D eigenvalue weighted by Crippen LogP contribution is 2.15. The molecule has 0 saturated heterocycles. The van der Waals surface area contributed by atoms with Crippen molar-refractivity contribution in [2.45, 2.75) is 18.7 Å². The zero-order valence-corrected chi connectivity index (χ0v) is 8.02. The molecule has 0 aliphatic heterocycles. The molecule has 3 heteroatoms. The average Bonchev–Trinajstić information content (AvgIpc) is 2.08. The number of aryl methyl sites for hydroxylation is 2. The van der Waals surface area contributed by atoms with Gasteiger partial charge in [-0.1, -0.05) is 12.1 Å². The van der Waals surface area contributed by atoms with Gasteiger partial charge in [-0.2, -0.15) is 4.40 Å². The summed E-state index contributed by atoms with van der Waals surface area (Å²) in [5, 5.41) is 0. The quantitative estimate of drug-likeness (QED) is 0.642. The first-order chi connectivity index (χ1) is 5.65. The minimum absolute atomic E-state index is 0.755. The van der Waals surface area contributed by atoms with Gasteiger partial charge in [0.1, 0.15) is 0 Å². The predicted octanol–water partition coefficient (Wildman–Crippen LogP) is 2.03. The van der Waals surface area contributed by atoms with E-state index in [0.717, 1.165) is 16.0 Å². The molecule has 1 unspecified atom stereocenters. The SMILES string of the molecule is C=NS(=O)c1cc(C)ccc1C. The van der Waals surface area contributed by atoms with Crippen LogP contribution in [0.4, 0.5) is 0 Å². The second-order valence-electron chi connectivity index (χ2n) is 2.65. The molecule has 0 aliphatic carbocycles. The summed E-state index contributed by atoms with van der Waals surface area (Å²) in [6, 6.07) is 5.80. The second kappa shape index (κ2) is 3.63. The Morgan fingerprint density at radius 2 is 2.08 bits per heavy atom. The van der Waals surface area contributed by atoms with E-state index in [4.69, 9.17) is 0 Å². The molecule has 0 aliphatic rings. The van der Waals surface area contributed by atoms with E-state index in [-0.39, 0.29) is 0 Å². The fourth-order valence-corrected chi connectivity index (χ4v) is 1.73. The van der Waals surface area contributed by atoms with Crippen LogP contribution in [-0.2, 0) is 11.0 Å². The Balaban J connectivity index is 3.22. The number of nitrogens with zero attached hydrogens (tertiary/aromatic N) is 1. The van der Waals surface area contributed by atoms with E-state index < -0.39 is 11.0 Å². The van der Waals surface area contributed by atoms with Gasteiger partial charge in [0, 0.05) is 6.72 Å². The van der Waals surface area contributed by atoms with Crippen molar-refractivity contribution in [3.8, 4) is 0 Å². The number of hydrogen-bond acceptors (Lipinski definition) is 1. The summed E-state index contributed by atoms with van der Waals surface area (Å²) in [6.45, 7) is 7.13. The van der Waals surface area contributed by atoms with Crippen LogP contribution in [0, 0.1) is 13.8 Å². The average molecular weight is 181 g/mol. The lowest BCUT2D eigenvalue weighted by molar-refractivity contribution is 0.684. The van der Waals surface area contributed by atoms with Crippen LogP contribution < -0.4 is 0 Å². The molecule has 0 amide bonds. The molecule has 12 heavy (non-hydrogen) atoms. The largest absolute Gasteiger partial charge is 0.230 e. The maximum Gasteiger partial charge on any atom is 0.172 e. The van der Waals surface area contributed by atoms with E-state index in [2.05, 4.69) is 11.1 Å². The molecule has 0 saturated carbocycles. The van der Waals surface area contributed by atoms with Gasteiger partial charge >= 0.3 is 0 Å². The standard InChI is InChI=1S/C9H11NOS/c1-7-4-5-8(2)9(6-7)12(11)10-3/h4-6H,3H2,1-2H3. The molecular formula is C9H11NOS. The first-order valence-electron chi connectivity index (χ1n) is 3.61. The zero-order valence-electron chi connectivity index (χ0n) is 7.20. The zero-order chi connectivity index (χ0) is 9.14. The summed E-state index contributed by atoms with van der Waals surface area (Å²) in [6.07, 6.45) is 0. The van der Waals surface area contributed by atoms with Gasteiger partial charge < -0.3 is 0 Å². The molecule has 0 bridgehead atoms. The third kappa shape index (κ3) is 1.80. The predicted molar refractivity (Wildman–Crippen MR) is 51.9 cm³/mol. The molecule has 0 radical (unpaired) electrons. The van der Waals surface area contributed by atoms with Crippen molar-refractivity contribution in [3.05, 3.63) is 29.3 Å². The molecule has 1 aromatic carbocycles. The molecule has 64 valence electrons. The third-order valence-corrected chi connectivity index (χ3v) is 2.70. The van der Waals surface area contributed by atoms with Crippen LogP contribution in [0.3, 0.4) is 0 Å². The van der Waals surface area contributed by atoms with E-state index in [1.807, 2.05) is 32.0 Å². The fraction of sp³-hybridized carbons (Fsp3) is 0.222. The Morgan fingerprint density at radius 3 is 2.67 bits per heavy atom. The van der Waals surface area contributed by atoms with Crippen molar-refractivity contribution >= 4 is 17.7 Å². The van der Waals surface area contributed by atoms with Gasteiger partial charge in [0.25, 0.3) is 0 Å². The van der Waals surface area contributed by atoms with Crippen LogP contribution >= 0.6 is 0 Å². The first-order valence-corrected chi connectivity index (χ1v) is 4.71. The molecule has 0 spiro atoms. The summed E-state index contributed by atoms with van der Waals surface area (Å²) in [4.78, 5) is 0.755. The van der Waals surface area contributed by atoms with Crippen LogP contribution in [-0.4, -0.2) is 10.9 Å². The fourth-order valence-electron chi connectivity index (χ4n) is 0.965. The smallest absolute Gasteiger partial charge is 0.172 e. The van der Waals surface area contributed by atoms with Crippen LogP contribution in [0.5, 0.6) is 0 Å². The van der Waals surface area contributed by atoms with Crippen molar-refractivity contribution in [2.75, 3.05) is 0 Å². The lowest BCUT2D eigenvalue weighted by Crippen LogP contribution is -1.91. The van der Waals surface area contributed by atoms with Crippen LogP contribution in [0.15, 0.2) is 27.5 Å². The minimum atomic E-state index is -1.30. The summed E-state index contributed by atoms with van der Waals surface area (Å²) >= 11 is 0. The van der Waals surface area contributed by atoms with Gasteiger partial charge in [0.15, 0.2) is 11.0 Å². The molecule has 1 aromatic rings.